The number of hydrogen-bond donors (Lipinski definition) is 4. The van der Waals surface area contributed by atoms with Crippen molar-refractivity contribution in [1.82, 2.24) is 9.80 Å². The molecule has 3 rings (SSSR count). The number of nitrogens with zero attached hydrogens (tertiary/aromatic N) is 2. The second-order valence-electron chi connectivity index (χ2n) is 22.6. The van der Waals surface area contributed by atoms with Crippen LogP contribution >= 0.6 is 0 Å². The minimum atomic E-state index is -0.792. The van der Waals surface area contributed by atoms with Crippen molar-refractivity contribution >= 4 is 17.3 Å². The average Bonchev–Trinajstić information content (AvgIpc) is 3.42. The van der Waals surface area contributed by atoms with Gasteiger partial charge in [0, 0.05) is 19.3 Å². The van der Waals surface area contributed by atoms with E-state index < -0.39 is 36.4 Å². The summed E-state index contributed by atoms with van der Waals surface area (Å²) >= 11 is 0. The van der Waals surface area contributed by atoms with Crippen molar-refractivity contribution in [2.24, 2.45) is 5.73 Å². The number of Topliss-reactive ketones (excluding diaryl/α,β-unsaturated/α-hetero) is 3. The molecule has 3 aromatic carbocycles. The average molecular weight is 1080 g/mol. The molecule has 78 heavy (non-hydrogen) atoms. The summed E-state index contributed by atoms with van der Waals surface area (Å²) in [6.45, 7) is 23.7. The van der Waals surface area contributed by atoms with E-state index in [9.17, 15) is 29.7 Å². The molecule has 9 nitrogen and oxygen atoms in total. The zero-order valence-electron chi connectivity index (χ0n) is 51.6. The van der Waals surface area contributed by atoms with E-state index in [0.717, 1.165) is 87.8 Å². The van der Waals surface area contributed by atoms with E-state index in [2.05, 4.69) is 119 Å². The summed E-state index contributed by atoms with van der Waals surface area (Å²) < 4.78 is 0. The van der Waals surface area contributed by atoms with E-state index in [1.807, 2.05) is 12.1 Å². The number of aliphatic hydroxyl groups is 3. The van der Waals surface area contributed by atoms with Crippen molar-refractivity contribution in [2.45, 2.75) is 285 Å². The van der Waals surface area contributed by atoms with Crippen LogP contribution in [0.15, 0.2) is 72.8 Å². The van der Waals surface area contributed by atoms with E-state index in [1.165, 1.54) is 132 Å². The first-order valence-corrected chi connectivity index (χ1v) is 31.7. The first-order valence-electron chi connectivity index (χ1n) is 31.7. The third kappa shape index (κ3) is 32.6. The number of carbonyl (C=O) groups excluding carboxylic acids is 3. The molecule has 0 saturated heterocycles. The lowest BCUT2D eigenvalue weighted by Gasteiger charge is -2.32. The maximum absolute atomic E-state index is 12.9. The number of aryl methyl sites for hydroxylation is 3. The molecular formula is C69H117N3O6. The number of benzene rings is 3. The topological polar surface area (TPSA) is 144 Å². The summed E-state index contributed by atoms with van der Waals surface area (Å²) in [7, 11) is 0. The van der Waals surface area contributed by atoms with Crippen LogP contribution in [0.1, 0.15) is 244 Å². The zero-order chi connectivity index (χ0) is 57.9. The van der Waals surface area contributed by atoms with E-state index in [1.54, 1.807) is 20.8 Å². The van der Waals surface area contributed by atoms with Crippen molar-refractivity contribution in [1.29, 1.82) is 0 Å². The Hall–Kier alpha value is -3.57. The molecule has 0 aromatic heterocycles. The van der Waals surface area contributed by atoms with Gasteiger partial charge in [-0.05, 0) is 145 Å². The van der Waals surface area contributed by atoms with Crippen molar-refractivity contribution < 1.29 is 29.7 Å². The molecule has 6 atom stereocenters. The van der Waals surface area contributed by atoms with Crippen LogP contribution in [0.2, 0.25) is 0 Å². The molecule has 0 aliphatic carbocycles. The first kappa shape index (κ1) is 72.4. The Bertz CT molecular complexity index is 1800. The highest BCUT2D eigenvalue weighted by atomic mass is 16.3. The fourth-order valence-electron chi connectivity index (χ4n) is 10.5. The monoisotopic (exact) mass is 1080 g/mol. The Kier molecular flexibility index (Phi) is 42.8. The molecule has 0 fully saturated rings. The molecule has 0 unspecified atom stereocenters. The van der Waals surface area contributed by atoms with Gasteiger partial charge in [0.1, 0.15) is 0 Å². The Labute approximate surface area is 478 Å². The summed E-state index contributed by atoms with van der Waals surface area (Å²) in [5, 5.41) is 29.8. The number of carbonyl (C=O) groups is 3. The molecular weight excluding hydrogens is 967 g/mol. The number of ketones is 3. The molecule has 0 heterocycles. The molecule has 0 aliphatic rings. The molecule has 444 valence electrons. The van der Waals surface area contributed by atoms with Crippen LogP contribution in [-0.4, -0.2) is 105 Å². The first-order chi connectivity index (χ1) is 37.6. The molecule has 9 heteroatoms. The lowest BCUT2D eigenvalue weighted by molar-refractivity contribution is -0.128. The molecule has 0 radical (unpaired) electrons. The lowest BCUT2D eigenvalue weighted by atomic mass is 9.97. The van der Waals surface area contributed by atoms with Crippen LogP contribution in [0.25, 0.3) is 0 Å². The number of hydrogen-bond acceptors (Lipinski definition) is 9. The van der Waals surface area contributed by atoms with Crippen LogP contribution in [-0.2, 0) is 52.9 Å². The Morgan fingerprint density at radius 2 is 0.577 bits per heavy atom. The van der Waals surface area contributed by atoms with Gasteiger partial charge >= 0.3 is 0 Å². The number of aliphatic hydroxyl groups excluding tert-OH is 3. The van der Waals surface area contributed by atoms with Crippen LogP contribution in [0.5, 0.6) is 0 Å². The summed E-state index contributed by atoms with van der Waals surface area (Å²) in [5.41, 5.74) is 12.8. The van der Waals surface area contributed by atoms with Gasteiger partial charge in [-0.3, -0.25) is 24.2 Å². The number of rotatable bonds is 43. The Morgan fingerprint density at radius 3 is 0.808 bits per heavy atom. The minimum Gasteiger partial charge on any atom is -0.391 e. The van der Waals surface area contributed by atoms with Crippen LogP contribution < -0.4 is 5.73 Å². The molecule has 0 aliphatic heterocycles. The molecule has 5 N–H and O–H groups in total. The molecule has 3 aromatic rings. The molecule has 0 bridgehead atoms. The molecule has 0 spiro atoms. The van der Waals surface area contributed by atoms with E-state index >= 15 is 0 Å². The van der Waals surface area contributed by atoms with Gasteiger partial charge < -0.3 is 21.1 Å². The predicted molar refractivity (Wildman–Crippen MR) is 332 cm³/mol. The second-order valence-corrected chi connectivity index (χ2v) is 22.6. The van der Waals surface area contributed by atoms with Crippen molar-refractivity contribution in [3.8, 4) is 0 Å². The second kappa shape index (κ2) is 46.1. The van der Waals surface area contributed by atoms with Gasteiger partial charge in [-0.1, -0.05) is 218 Å². The highest BCUT2D eigenvalue weighted by molar-refractivity contribution is 5.87. The van der Waals surface area contributed by atoms with Gasteiger partial charge in [0.05, 0.1) is 36.4 Å². The van der Waals surface area contributed by atoms with Crippen LogP contribution in [0.4, 0.5) is 0 Å². The molecule has 0 amide bonds. The van der Waals surface area contributed by atoms with Gasteiger partial charge in [-0.2, -0.15) is 0 Å². The molecule has 0 saturated carbocycles. The fourth-order valence-corrected chi connectivity index (χ4v) is 10.5. The van der Waals surface area contributed by atoms with Gasteiger partial charge in [-0.25, -0.2) is 0 Å². The summed E-state index contributed by atoms with van der Waals surface area (Å²) in [6, 6.07) is 23.6. The van der Waals surface area contributed by atoms with Crippen molar-refractivity contribution in [2.75, 3.05) is 26.2 Å². The maximum atomic E-state index is 12.9. The van der Waals surface area contributed by atoms with Crippen molar-refractivity contribution in [3.63, 3.8) is 0 Å². The normalized spacial score (nSPS) is 13.7. The summed E-state index contributed by atoms with van der Waals surface area (Å²) in [5.74, 6) is 0.139. The fraction of sp³-hybridized carbons (Fsp3) is 0.696. The maximum Gasteiger partial charge on any atom is 0.156 e. The lowest BCUT2D eigenvalue weighted by Crippen LogP contribution is -2.49. The Morgan fingerprint density at radius 1 is 0.346 bits per heavy atom. The van der Waals surface area contributed by atoms with Gasteiger partial charge in [0.25, 0.3) is 0 Å². The summed E-state index contributed by atoms with van der Waals surface area (Å²) in [6.07, 6.45) is 30.0. The van der Waals surface area contributed by atoms with Gasteiger partial charge in [0.15, 0.2) is 17.3 Å². The number of unbranched alkanes of at least 4 members (excludes halogenated alkanes) is 15. The van der Waals surface area contributed by atoms with Crippen molar-refractivity contribution in [3.05, 3.63) is 106 Å². The standard InChI is InChI=1S/2C25H43NO2.C19H31NO2/c2*1-5-8-9-10-11-12-13-22-14-16-23(17-15-22)20-24(28)25(21(4)27)26(18-6-2)19-7-3;1-3-4-5-6-7-8-9-16-10-12-17(13-11-16)14-18(22)19(20)15(2)21/h2*14-17,21,25,27H,5-13,18-20H2,1-4H3;10-13,15,19,21H,3-9,14,20H2,1-2H3/t2*21-,25-;15-,19-/m000/s1. The highest BCUT2D eigenvalue weighted by Crippen LogP contribution is 2.18. The van der Waals surface area contributed by atoms with Crippen LogP contribution in [0, 0.1) is 0 Å². The number of nitrogens with two attached hydrogens (primary N) is 1. The quantitative estimate of drug-likeness (QED) is 0.0407. The smallest absolute Gasteiger partial charge is 0.156 e. The summed E-state index contributed by atoms with van der Waals surface area (Å²) in [4.78, 5) is 42.0. The van der Waals surface area contributed by atoms with E-state index in [4.69, 9.17) is 5.73 Å². The van der Waals surface area contributed by atoms with Crippen LogP contribution in [0.3, 0.4) is 0 Å². The predicted octanol–water partition coefficient (Wildman–Crippen LogP) is 14.6. The van der Waals surface area contributed by atoms with E-state index in [0.29, 0.717) is 19.3 Å². The Balaban J connectivity index is 0.000000590. The van der Waals surface area contributed by atoms with Gasteiger partial charge in [0.2, 0.25) is 0 Å². The largest absolute Gasteiger partial charge is 0.391 e. The van der Waals surface area contributed by atoms with E-state index in [-0.39, 0.29) is 17.3 Å². The third-order valence-corrected chi connectivity index (χ3v) is 15.0. The minimum absolute atomic E-state index is 0.112. The third-order valence-electron chi connectivity index (χ3n) is 15.0. The van der Waals surface area contributed by atoms with Gasteiger partial charge in [-0.15, -0.1) is 0 Å². The SMILES string of the molecule is CCCCCCCCc1ccc(CC(=O)[C@@H](N)[C@H](C)O)cc1.CCCCCCCCc1ccc(CC(=O)[C@H]([C@H](C)O)N(CCC)CCC)cc1.CCCCCCCCc1ccc(CC(=O)[C@H]([C@H](C)O)N(CCC)CCC)cc1. The zero-order valence-corrected chi connectivity index (χ0v) is 51.6. The highest BCUT2D eigenvalue weighted by Gasteiger charge is 2.30.